The van der Waals surface area contributed by atoms with Gasteiger partial charge in [0.25, 0.3) is 0 Å². The van der Waals surface area contributed by atoms with Crippen molar-refractivity contribution in [3.63, 3.8) is 0 Å². The lowest BCUT2D eigenvalue weighted by atomic mass is 10.1. The predicted molar refractivity (Wildman–Crippen MR) is 60.8 cm³/mol. The van der Waals surface area contributed by atoms with Gasteiger partial charge in [-0.3, -0.25) is 0 Å². The standard InChI is InChI=1S/C12H23NO2/c1-6-10-8-7-9(2)13(10)11(14)15-12(3,4)5/h9-10H,6-8H2,1-5H3/t9?,10-/m0/s1. The van der Waals surface area contributed by atoms with E-state index in [1.165, 1.54) is 0 Å². The van der Waals surface area contributed by atoms with Crippen molar-refractivity contribution < 1.29 is 9.53 Å². The normalized spacial score (nSPS) is 26.9. The maximum absolute atomic E-state index is 11.9. The van der Waals surface area contributed by atoms with E-state index in [2.05, 4.69) is 13.8 Å². The summed E-state index contributed by atoms with van der Waals surface area (Å²) in [7, 11) is 0. The molecule has 0 aromatic rings. The van der Waals surface area contributed by atoms with Gasteiger partial charge in [-0.05, 0) is 47.0 Å². The highest BCUT2D eigenvalue weighted by Crippen LogP contribution is 2.27. The molecule has 15 heavy (non-hydrogen) atoms. The summed E-state index contributed by atoms with van der Waals surface area (Å²) in [5.74, 6) is 0. The molecule has 88 valence electrons. The van der Waals surface area contributed by atoms with E-state index >= 15 is 0 Å². The minimum absolute atomic E-state index is 0.153. The first-order valence-electron chi connectivity index (χ1n) is 5.86. The third-order valence-corrected chi connectivity index (χ3v) is 2.86. The van der Waals surface area contributed by atoms with E-state index in [9.17, 15) is 4.79 Å². The molecule has 0 aromatic carbocycles. The van der Waals surface area contributed by atoms with Gasteiger partial charge in [-0.2, -0.15) is 0 Å². The quantitative estimate of drug-likeness (QED) is 0.669. The average molecular weight is 213 g/mol. The Bertz CT molecular complexity index is 232. The Morgan fingerprint density at radius 1 is 1.40 bits per heavy atom. The molecule has 1 aliphatic rings. The van der Waals surface area contributed by atoms with Gasteiger partial charge in [0, 0.05) is 12.1 Å². The minimum atomic E-state index is -0.391. The summed E-state index contributed by atoms with van der Waals surface area (Å²) < 4.78 is 5.41. The van der Waals surface area contributed by atoms with E-state index in [1.807, 2.05) is 25.7 Å². The number of likely N-dealkylation sites (tertiary alicyclic amines) is 1. The zero-order valence-electron chi connectivity index (χ0n) is 10.5. The van der Waals surface area contributed by atoms with Gasteiger partial charge < -0.3 is 9.64 Å². The van der Waals surface area contributed by atoms with Gasteiger partial charge in [0.2, 0.25) is 0 Å². The Morgan fingerprint density at radius 3 is 2.47 bits per heavy atom. The van der Waals surface area contributed by atoms with Crippen molar-refractivity contribution >= 4 is 6.09 Å². The summed E-state index contributed by atoms with van der Waals surface area (Å²) >= 11 is 0. The number of hydrogen-bond acceptors (Lipinski definition) is 2. The SMILES string of the molecule is CC[C@H]1CCC(C)N1C(=O)OC(C)(C)C. The van der Waals surface area contributed by atoms with Crippen molar-refractivity contribution in [1.29, 1.82) is 0 Å². The van der Waals surface area contributed by atoms with Gasteiger partial charge in [0.1, 0.15) is 5.60 Å². The van der Waals surface area contributed by atoms with Crippen molar-refractivity contribution in [1.82, 2.24) is 4.90 Å². The first kappa shape index (κ1) is 12.3. The molecule has 0 aromatic heterocycles. The Hall–Kier alpha value is -0.730. The molecular formula is C12H23NO2. The summed E-state index contributed by atoms with van der Waals surface area (Å²) in [6, 6.07) is 0.694. The van der Waals surface area contributed by atoms with Crippen molar-refractivity contribution in [3.05, 3.63) is 0 Å². The molecule has 1 rings (SSSR count). The molecule has 3 heteroatoms. The van der Waals surface area contributed by atoms with E-state index in [-0.39, 0.29) is 6.09 Å². The molecule has 0 bridgehead atoms. The molecule has 3 nitrogen and oxygen atoms in total. The number of rotatable bonds is 1. The molecule has 0 radical (unpaired) electrons. The molecule has 0 saturated carbocycles. The van der Waals surface area contributed by atoms with Crippen LogP contribution in [-0.4, -0.2) is 28.7 Å². The molecule has 1 saturated heterocycles. The van der Waals surface area contributed by atoms with Crippen molar-refractivity contribution in [2.75, 3.05) is 0 Å². The summed E-state index contributed by atoms with van der Waals surface area (Å²) in [6.07, 6.45) is 3.07. The van der Waals surface area contributed by atoms with Gasteiger partial charge in [0.05, 0.1) is 0 Å². The predicted octanol–water partition coefficient (Wildman–Crippen LogP) is 3.18. The highest BCUT2D eigenvalue weighted by atomic mass is 16.6. The summed E-state index contributed by atoms with van der Waals surface area (Å²) in [4.78, 5) is 13.9. The van der Waals surface area contributed by atoms with E-state index in [4.69, 9.17) is 4.74 Å². The fourth-order valence-electron chi connectivity index (χ4n) is 2.12. The lowest BCUT2D eigenvalue weighted by Crippen LogP contribution is -2.43. The zero-order chi connectivity index (χ0) is 11.6. The van der Waals surface area contributed by atoms with Crippen LogP contribution in [0.15, 0.2) is 0 Å². The molecule has 1 unspecified atom stereocenters. The summed E-state index contributed by atoms with van der Waals surface area (Å²) in [5, 5.41) is 0. The molecule has 0 spiro atoms. The Kier molecular flexibility index (Phi) is 3.63. The van der Waals surface area contributed by atoms with Crippen LogP contribution in [-0.2, 0) is 4.74 Å². The molecule has 1 heterocycles. The van der Waals surface area contributed by atoms with Gasteiger partial charge in [-0.15, -0.1) is 0 Å². The number of amides is 1. The molecule has 1 amide bonds. The van der Waals surface area contributed by atoms with Crippen LogP contribution in [0.5, 0.6) is 0 Å². The topological polar surface area (TPSA) is 29.5 Å². The Labute approximate surface area is 92.8 Å². The van der Waals surface area contributed by atoms with Crippen LogP contribution < -0.4 is 0 Å². The maximum atomic E-state index is 11.9. The van der Waals surface area contributed by atoms with E-state index < -0.39 is 5.60 Å². The van der Waals surface area contributed by atoms with Crippen molar-refractivity contribution in [2.24, 2.45) is 0 Å². The fourth-order valence-corrected chi connectivity index (χ4v) is 2.12. The highest BCUT2D eigenvalue weighted by molar-refractivity contribution is 5.69. The lowest BCUT2D eigenvalue weighted by molar-refractivity contribution is 0.0157. The minimum Gasteiger partial charge on any atom is -0.444 e. The molecule has 1 fully saturated rings. The van der Waals surface area contributed by atoms with Crippen molar-refractivity contribution in [3.8, 4) is 0 Å². The highest BCUT2D eigenvalue weighted by Gasteiger charge is 2.35. The second-order valence-corrected chi connectivity index (χ2v) is 5.38. The van der Waals surface area contributed by atoms with Gasteiger partial charge >= 0.3 is 6.09 Å². The second kappa shape index (κ2) is 4.42. The smallest absolute Gasteiger partial charge is 0.410 e. The second-order valence-electron chi connectivity index (χ2n) is 5.38. The van der Waals surface area contributed by atoms with Crippen LogP contribution in [0.2, 0.25) is 0 Å². The fraction of sp³-hybridized carbons (Fsp3) is 0.917. The van der Waals surface area contributed by atoms with E-state index in [0.717, 1.165) is 19.3 Å². The Morgan fingerprint density at radius 2 is 2.00 bits per heavy atom. The molecule has 1 aliphatic heterocycles. The number of carbonyl (C=O) groups excluding carboxylic acids is 1. The van der Waals surface area contributed by atoms with E-state index in [0.29, 0.717) is 12.1 Å². The molecular weight excluding hydrogens is 190 g/mol. The third-order valence-electron chi connectivity index (χ3n) is 2.86. The number of ether oxygens (including phenoxy) is 1. The third kappa shape index (κ3) is 3.11. The first-order valence-corrected chi connectivity index (χ1v) is 5.86. The molecule has 0 N–H and O–H groups in total. The van der Waals surface area contributed by atoms with Gasteiger partial charge in [-0.1, -0.05) is 6.92 Å². The van der Waals surface area contributed by atoms with Crippen LogP contribution >= 0.6 is 0 Å². The van der Waals surface area contributed by atoms with E-state index in [1.54, 1.807) is 0 Å². The zero-order valence-corrected chi connectivity index (χ0v) is 10.5. The van der Waals surface area contributed by atoms with Crippen molar-refractivity contribution in [2.45, 2.75) is 71.6 Å². The summed E-state index contributed by atoms with van der Waals surface area (Å²) in [6.45, 7) is 9.95. The van der Waals surface area contributed by atoms with Crippen LogP contribution in [0, 0.1) is 0 Å². The maximum Gasteiger partial charge on any atom is 0.410 e. The lowest BCUT2D eigenvalue weighted by Gasteiger charge is -2.30. The van der Waals surface area contributed by atoms with Crippen LogP contribution in [0.1, 0.15) is 53.9 Å². The first-order chi connectivity index (χ1) is 6.85. The number of nitrogens with zero attached hydrogens (tertiary/aromatic N) is 1. The average Bonchev–Trinajstić information content (AvgIpc) is 2.43. The Balaban J connectivity index is 2.64. The number of hydrogen-bond donors (Lipinski definition) is 0. The van der Waals surface area contributed by atoms with Crippen LogP contribution in [0.4, 0.5) is 4.79 Å². The molecule has 0 aliphatic carbocycles. The van der Waals surface area contributed by atoms with Crippen LogP contribution in [0.3, 0.4) is 0 Å². The van der Waals surface area contributed by atoms with Crippen LogP contribution in [0.25, 0.3) is 0 Å². The largest absolute Gasteiger partial charge is 0.444 e. The number of carbonyl (C=O) groups is 1. The molecule has 2 atom stereocenters. The summed E-state index contributed by atoms with van der Waals surface area (Å²) in [5.41, 5.74) is -0.391. The van der Waals surface area contributed by atoms with Gasteiger partial charge in [-0.25, -0.2) is 4.79 Å². The monoisotopic (exact) mass is 213 g/mol. The van der Waals surface area contributed by atoms with Gasteiger partial charge in [0.15, 0.2) is 0 Å².